The second kappa shape index (κ2) is 10.5. The van der Waals surface area contributed by atoms with Gasteiger partial charge in [0, 0.05) is 12.2 Å². The van der Waals surface area contributed by atoms with Crippen LogP contribution in [0.1, 0.15) is 46.5 Å². The second-order valence-corrected chi connectivity index (χ2v) is 8.87. The van der Waals surface area contributed by atoms with Gasteiger partial charge in [-0.15, -0.1) is 0 Å². The lowest BCUT2D eigenvalue weighted by atomic mass is 10.1. The van der Waals surface area contributed by atoms with E-state index in [0.717, 1.165) is 0 Å². The molecule has 3 amide bonds. The number of methoxy groups -OCH3 is 1. The van der Waals surface area contributed by atoms with Gasteiger partial charge in [0.2, 0.25) is 0 Å². The molecule has 0 aliphatic rings. The maximum Gasteiger partial charge on any atom is 0.408 e. The summed E-state index contributed by atoms with van der Waals surface area (Å²) in [6, 6.07) is 10.9. The molecule has 3 rings (SSSR count). The van der Waals surface area contributed by atoms with Crippen LogP contribution in [0.15, 0.2) is 47.3 Å². The molecule has 0 radical (unpaired) electrons. The summed E-state index contributed by atoms with van der Waals surface area (Å²) in [5.74, 6) is 0.668. The molecule has 0 saturated carbocycles. The van der Waals surface area contributed by atoms with Crippen LogP contribution >= 0.6 is 0 Å². The first-order chi connectivity index (χ1) is 16.5. The first-order valence-electron chi connectivity index (χ1n) is 11.3. The van der Waals surface area contributed by atoms with Crippen molar-refractivity contribution >= 4 is 28.7 Å². The van der Waals surface area contributed by atoms with Gasteiger partial charge >= 0.3 is 12.1 Å². The van der Waals surface area contributed by atoms with Gasteiger partial charge in [0.25, 0.3) is 5.56 Å². The monoisotopic (exact) mass is 481 g/mol. The van der Waals surface area contributed by atoms with Crippen LogP contribution in [0.5, 0.6) is 5.75 Å². The van der Waals surface area contributed by atoms with Crippen molar-refractivity contribution in [2.24, 2.45) is 0 Å². The summed E-state index contributed by atoms with van der Waals surface area (Å²) in [6.45, 7) is 9.29. The molecule has 1 aromatic heterocycles. The molecule has 0 fully saturated rings. The standard InChI is InChI=1S/C25H31N5O5/c1-7-26-23(32)28-16-10-8-11-17(14-16)30-21(15(2)27-24(33)35-25(3,4)5)29-18-12-9-13-19(34-6)20(18)22(30)31/h8-15H,7H2,1-6H3,(H,27,33)(H2,26,28,32)/t15-/m0/s1. The molecule has 0 spiro atoms. The van der Waals surface area contributed by atoms with Crippen LogP contribution in [-0.2, 0) is 4.74 Å². The summed E-state index contributed by atoms with van der Waals surface area (Å²) in [6.07, 6.45) is -0.636. The number of fused-ring (bicyclic) bond motifs is 1. The van der Waals surface area contributed by atoms with E-state index in [4.69, 9.17) is 14.5 Å². The molecule has 1 heterocycles. The van der Waals surface area contributed by atoms with E-state index in [1.807, 2.05) is 6.92 Å². The lowest BCUT2D eigenvalue weighted by Gasteiger charge is -2.23. The van der Waals surface area contributed by atoms with Crippen LogP contribution in [-0.4, -0.2) is 40.9 Å². The summed E-state index contributed by atoms with van der Waals surface area (Å²) < 4.78 is 12.2. The highest BCUT2D eigenvalue weighted by molar-refractivity contribution is 5.89. The maximum absolute atomic E-state index is 13.8. The molecule has 0 saturated heterocycles. The molecule has 3 aromatic rings. The van der Waals surface area contributed by atoms with Gasteiger partial charge in [0.1, 0.15) is 22.6 Å². The minimum Gasteiger partial charge on any atom is -0.496 e. The molecular formula is C25H31N5O5. The Labute approximate surface area is 203 Å². The number of ether oxygens (including phenoxy) is 2. The van der Waals surface area contributed by atoms with E-state index < -0.39 is 17.7 Å². The van der Waals surface area contributed by atoms with Gasteiger partial charge in [0.05, 0.1) is 24.4 Å². The smallest absolute Gasteiger partial charge is 0.408 e. The highest BCUT2D eigenvalue weighted by atomic mass is 16.6. The summed E-state index contributed by atoms with van der Waals surface area (Å²) in [7, 11) is 1.48. The van der Waals surface area contributed by atoms with Crippen molar-refractivity contribution in [3.8, 4) is 11.4 Å². The molecule has 2 aromatic carbocycles. The van der Waals surface area contributed by atoms with Crippen LogP contribution in [0.4, 0.5) is 15.3 Å². The van der Waals surface area contributed by atoms with Crippen molar-refractivity contribution in [1.82, 2.24) is 20.2 Å². The minimum atomic E-state index is -0.688. The predicted octanol–water partition coefficient (Wildman–Crippen LogP) is 4.12. The van der Waals surface area contributed by atoms with Gasteiger partial charge in [-0.1, -0.05) is 12.1 Å². The normalized spacial score (nSPS) is 12.1. The van der Waals surface area contributed by atoms with Gasteiger partial charge < -0.3 is 25.4 Å². The second-order valence-electron chi connectivity index (χ2n) is 8.87. The van der Waals surface area contributed by atoms with E-state index >= 15 is 0 Å². The third-order valence-electron chi connectivity index (χ3n) is 4.93. The number of aromatic nitrogens is 2. The Balaban J connectivity index is 2.17. The number of hydrogen-bond donors (Lipinski definition) is 3. The fourth-order valence-corrected chi connectivity index (χ4v) is 3.53. The summed E-state index contributed by atoms with van der Waals surface area (Å²) in [5, 5.41) is 8.45. The van der Waals surface area contributed by atoms with E-state index in [9.17, 15) is 14.4 Å². The van der Waals surface area contributed by atoms with Crippen molar-refractivity contribution in [1.29, 1.82) is 0 Å². The zero-order chi connectivity index (χ0) is 25.8. The Morgan fingerprint density at radius 1 is 1.14 bits per heavy atom. The number of nitrogens with one attached hydrogen (secondary N) is 3. The van der Waals surface area contributed by atoms with E-state index in [-0.39, 0.29) is 17.4 Å². The van der Waals surface area contributed by atoms with E-state index in [1.165, 1.54) is 11.7 Å². The SMILES string of the molecule is CCNC(=O)Nc1cccc(-n2c([C@H](C)NC(=O)OC(C)(C)C)nc3cccc(OC)c3c2=O)c1. The molecule has 1 atom stereocenters. The molecule has 0 aliphatic heterocycles. The number of benzene rings is 2. The number of carbonyl (C=O) groups is 2. The molecule has 35 heavy (non-hydrogen) atoms. The van der Waals surface area contributed by atoms with E-state index in [0.29, 0.717) is 34.6 Å². The van der Waals surface area contributed by atoms with Gasteiger partial charge in [0.15, 0.2) is 0 Å². The van der Waals surface area contributed by atoms with Gasteiger partial charge in [-0.05, 0) is 65.0 Å². The molecule has 0 aliphatic carbocycles. The molecule has 0 bridgehead atoms. The molecule has 3 N–H and O–H groups in total. The Kier molecular flexibility index (Phi) is 7.63. The Morgan fingerprint density at radius 2 is 1.86 bits per heavy atom. The van der Waals surface area contributed by atoms with Crippen molar-refractivity contribution < 1.29 is 19.1 Å². The maximum atomic E-state index is 13.8. The van der Waals surface area contributed by atoms with Crippen molar-refractivity contribution in [3.63, 3.8) is 0 Å². The number of alkyl carbamates (subject to hydrolysis) is 1. The Morgan fingerprint density at radius 3 is 2.51 bits per heavy atom. The van der Waals surface area contributed by atoms with Crippen molar-refractivity contribution in [2.45, 2.75) is 46.3 Å². The Bertz CT molecular complexity index is 1300. The summed E-state index contributed by atoms with van der Waals surface area (Å²) in [4.78, 5) is 43.0. The average molecular weight is 482 g/mol. The summed E-state index contributed by atoms with van der Waals surface area (Å²) in [5.41, 5.74) is 0.300. The topological polar surface area (TPSA) is 124 Å². The molecule has 186 valence electrons. The quantitative estimate of drug-likeness (QED) is 0.487. The molecule has 10 nitrogen and oxygen atoms in total. The average Bonchev–Trinajstić information content (AvgIpc) is 2.77. The number of carbonyl (C=O) groups excluding carboxylic acids is 2. The van der Waals surface area contributed by atoms with E-state index in [1.54, 1.807) is 70.2 Å². The number of rotatable bonds is 6. The third kappa shape index (κ3) is 6.08. The van der Waals surface area contributed by atoms with Crippen LogP contribution in [0.2, 0.25) is 0 Å². The van der Waals surface area contributed by atoms with Gasteiger partial charge in [-0.25, -0.2) is 14.6 Å². The van der Waals surface area contributed by atoms with Crippen LogP contribution in [0.3, 0.4) is 0 Å². The first-order valence-corrected chi connectivity index (χ1v) is 11.3. The zero-order valence-corrected chi connectivity index (χ0v) is 20.8. The van der Waals surface area contributed by atoms with Gasteiger partial charge in [-0.3, -0.25) is 9.36 Å². The Hall–Kier alpha value is -4.08. The summed E-state index contributed by atoms with van der Waals surface area (Å²) >= 11 is 0. The fourth-order valence-electron chi connectivity index (χ4n) is 3.53. The minimum absolute atomic E-state index is 0.289. The highest BCUT2D eigenvalue weighted by Gasteiger charge is 2.24. The first kappa shape index (κ1) is 25.5. The van der Waals surface area contributed by atoms with Crippen LogP contribution < -0.4 is 26.2 Å². The zero-order valence-electron chi connectivity index (χ0n) is 20.8. The van der Waals surface area contributed by atoms with Crippen LogP contribution in [0.25, 0.3) is 16.6 Å². The van der Waals surface area contributed by atoms with Crippen molar-refractivity contribution in [2.75, 3.05) is 19.0 Å². The number of nitrogens with zero attached hydrogens (tertiary/aromatic N) is 2. The number of urea groups is 1. The number of anilines is 1. The largest absolute Gasteiger partial charge is 0.496 e. The highest BCUT2D eigenvalue weighted by Crippen LogP contribution is 2.25. The van der Waals surface area contributed by atoms with Crippen LogP contribution in [0, 0.1) is 0 Å². The molecule has 0 unspecified atom stereocenters. The lowest BCUT2D eigenvalue weighted by molar-refractivity contribution is 0.0505. The third-order valence-corrected chi connectivity index (χ3v) is 4.93. The van der Waals surface area contributed by atoms with Gasteiger partial charge in [-0.2, -0.15) is 0 Å². The number of hydrogen-bond acceptors (Lipinski definition) is 6. The van der Waals surface area contributed by atoms with E-state index in [2.05, 4.69) is 16.0 Å². The lowest BCUT2D eigenvalue weighted by Crippen LogP contribution is -2.37. The predicted molar refractivity (Wildman–Crippen MR) is 134 cm³/mol. The molecular weight excluding hydrogens is 450 g/mol. The van der Waals surface area contributed by atoms with Crippen molar-refractivity contribution in [3.05, 3.63) is 58.6 Å². The molecule has 10 heteroatoms. The fraction of sp³-hybridized carbons (Fsp3) is 0.360. The number of amides is 3.